The van der Waals surface area contributed by atoms with E-state index in [0.29, 0.717) is 0 Å². The summed E-state index contributed by atoms with van der Waals surface area (Å²) in [6.07, 6.45) is 3.11. The van der Waals surface area contributed by atoms with Gasteiger partial charge in [0, 0.05) is 6.61 Å². The van der Waals surface area contributed by atoms with Crippen LogP contribution >= 0.6 is 12.4 Å². The lowest BCUT2D eigenvalue weighted by atomic mass is 9.88. The van der Waals surface area contributed by atoms with Crippen LogP contribution in [0.4, 0.5) is 0 Å². The molecule has 1 aliphatic heterocycles. The third-order valence-electron chi connectivity index (χ3n) is 2.33. The maximum absolute atomic E-state index is 9.85. The van der Waals surface area contributed by atoms with E-state index in [1.807, 2.05) is 0 Å². The fourth-order valence-electron chi connectivity index (χ4n) is 1.55. The highest BCUT2D eigenvalue weighted by molar-refractivity contribution is 5.85. The summed E-state index contributed by atoms with van der Waals surface area (Å²) >= 11 is 0. The van der Waals surface area contributed by atoms with E-state index in [0.717, 1.165) is 38.8 Å². The molecule has 0 unspecified atom stereocenters. The highest BCUT2D eigenvalue weighted by Gasteiger charge is 2.27. The summed E-state index contributed by atoms with van der Waals surface area (Å²) in [5.74, 6) is 0. The fraction of sp³-hybridized carbons (Fsp3) is 1.00. The minimum atomic E-state index is -0.492. The van der Waals surface area contributed by atoms with E-state index >= 15 is 0 Å². The smallest absolute Gasteiger partial charge is 0.0672 e. The topological polar surface area (TPSA) is 52.5 Å². The lowest BCUT2D eigenvalue weighted by Gasteiger charge is -2.32. The number of aliphatic hydroxyl groups is 2. The van der Waals surface area contributed by atoms with Crippen LogP contribution in [0, 0.1) is 0 Å². The van der Waals surface area contributed by atoms with Crippen molar-refractivity contribution in [2.75, 3.05) is 19.7 Å². The van der Waals surface area contributed by atoms with E-state index in [2.05, 4.69) is 5.32 Å². The first-order valence-corrected chi connectivity index (χ1v) is 4.31. The number of hydrogen-bond acceptors (Lipinski definition) is 3. The molecule has 0 aromatic heterocycles. The van der Waals surface area contributed by atoms with Gasteiger partial charge in [-0.2, -0.15) is 0 Å². The number of piperidine rings is 1. The number of halogens is 1. The second kappa shape index (κ2) is 5.75. The fourth-order valence-corrected chi connectivity index (χ4v) is 1.55. The first-order chi connectivity index (χ1) is 5.27. The quantitative estimate of drug-likeness (QED) is 0.607. The van der Waals surface area contributed by atoms with Crippen LogP contribution in [0.1, 0.15) is 25.7 Å². The summed E-state index contributed by atoms with van der Waals surface area (Å²) in [6.45, 7) is 2.00. The Labute approximate surface area is 79.6 Å². The van der Waals surface area contributed by atoms with Crippen molar-refractivity contribution in [1.29, 1.82) is 0 Å². The van der Waals surface area contributed by atoms with Gasteiger partial charge in [0.1, 0.15) is 0 Å². The van der Waals surface area contributed by atoms with Crippen LogP contribution in [0.25, 0.3) is 0 Å². The van der Waals surface area contributed by atoms with E-state index < -0.39 is 5.60 Å². The van der Waals surface area contributed by atoms with Crippen molar-refractivity contribution >= 4 is 12.4 Å². The zero-order valence-electron chi connectivity index (χ0n) is 7.25. The lowest BCUT2D eigenvalue weighted by molar-refractivity contribution is -0.00264. The van der Waals surface area contributed by atoms with Crippen molar-refractivity contribution < 1.29 is 10.2 Å². The van der Waals surface area contributed by atoms with Crippen LogP contribution in [-0.2, 0) is 0 Å². The molecule has 0 aliphatic carbocycles. The van der Waals surface area contributed by atoms with Gasteiger partial charge in [0.25, 0.3) is 0 Å². The van der Waals surface area contributed by atoms with Crippen LogP contribution < -0.4 is 5.32 Å². The van der Waals surface area contributed by atoms with Gasteiger partial charge in [-0.25, -0.2) is 0 Å². The summed E-state index contributed by atoms with van der Waals surface area (Å²) in [7, 11) is 0. The number of aliphatic hydroxyl groups excluding tert-OH is 1. The molecule has 1 rings (SSSR count). The molecule has 0 bridgehead atoms. The average molecular weight is 196 g/mol. The second-order valence-electron chi connectivity index (χ2n) is 3.30. The van der Waals surface area contributed by atoms with Crippen molar-refractivity contribution in [3.8, 4) is 0 Å². The molecule has 4 heteroatoms. The van der Waals surface area contributed by atoms with Crippen molar-refractivity contribution in [2.24, 2.45) is 0 Å². The SMILES string of the molecule is Cl.OCCCC1(O)CCNCC1. The standard InChI is InChI=1S/C8H17NO2.ClH/c10-7-1-2-8(11)3-5-9-6-4-8;/h9-11H,1-7H2;1H. The first-order valence-electron chi connectivity index (χ1n) is 4.31. The third-order valence-corrected chi connectivity index (χ3v) is 2.33. The van der Waals surface area contributed by atoms with Gasteiger partial charge >= 0.3 is 0 Å². The summed E-state index contributed by atoms with van der Waals surface area (Å²) in [5, 5.41) is 21.6. The van der Waals surface area contributed by atoms with Gasteiger partial charge < -0.3 is 15.5 Å². The molecule has 12 heavy (non-hydrogen) atoms. The number of nitrogens with one attached hydrogen (secondary N) is 1. The molecular weight excluding hydrogens is 178 g/mol. The zero-order chi connectivity index (χ0) is 8.16. The highest BCUT2D eigenvalue weighted by atomic mass is 35.5. The van der Waals surface area contributed by atoms with Crippen molar-refractivity contribution in [2.45, 2.75) is 31.3 Å². The van der Waals surface area contributed by atoms with Crippen molar-refractivity contribution in [3.05, 3.63) is 0 Å². The molecule has 0 radical (unpaired) electrons. The third kappa shape index (κ3) is 3.72. The van der Waals surface area contributed by atoms with Gasteiger partial charge in [-0.3, -0.25) is 0 Å². The molecule has 0 atom stereocenters. The van der Waals surface area contributed by atoms with Crippen LogP contribution in [-0.4, -0.2) is 35.5 Å². The molecular formula is C8H18ClNO2. The van der Waals surface area contributed by atoms with Gasteiger partial charge in [-0.05, 0) is 38.8 Å². The molecule has 0 saturated carbocycles. The molecule has 3 N–H and O–H groups in total. The van der Waals surface area contributed by atoms with Gasteiger partial charge in [0.05, 0.1) is 5.60 Å². The molecule has 0 amide bonds. The molecule has 1 heterocycles. The molecule has 0 aromatic carbocycles. The minimum absolute atomic E-state index is 0. The Morgan fingerprint density at radius 3 is 2.33 bits per heavy atom. The maximum atomic E-state index is 9.85. The molecule has 1 aliphatic rings. The highest BCUT2D eigenvalue weighted by Crippen LogP contribution is 2.22. The summed E-state index contributed by atoms with van der Waals surface area (Å²) in [6, 6.07) is 0. The molecule has 74 valence electrons. The predicted octanol–water partition coefficient (Wildman–Crippen LogP) is 0.295. The van der Waals surface area contributed by atoms with Gasteiger partial charge in [-0.15, -0.1) is 12.4 Å². The Bertz CT molecular complexity index is 116. The van der Waals surface area contributed by atoms with Gasteiger partial charge in [0.15, 0.2) is 0 Å². The molecule has 1 saturated heterocycles. The van der Waals surface area contributed by atoms with Crippen LogP contribution in [0.5, 0.6) is 0 Å². The van der Waals surface area contributed by atoms with Crippen molar-refractivity contribution in [3.63, 3.8) is 0 Å². The summed E-state index contributed by atoms with van der Waals surface area (Å²) in [4.78, 5) is 0. The lowest BCUT2D eigenvalue weighted by Crippen LogP contribution is -2.41. The Morgan fingerprint density at radius 2 is 1.83 bits per heavy atom. The van der Waals surface area contributed by atoms with Gasteiger partial charge in [0.2, 0.25) is 0 Å². The normalized spacial score (nSPS) is 21.5. The predicted molar refractivity (Wildman–Crippen MR) is 50.6 cm³/mol. The zero-order valence-corrected chi connectivity index (χ0v) is 8.07. The largest absolute Gasteiger partial charge is 0.396 e. The maximum Gasteiger partial charge on any atom is 0.0672 e. The van der Waals surface area contributed by atoms with Crippen LogP contribution in [0.2, 0.25) is 0 Å². The molecule has 3 nitrogen and oxygen atoms in total. The minimum Gasteiger partial charge on any atom is -0.396 e. The summed E-state index contributed by atoms with van der Waals surface area (Å²) in [5.41, 5.74) is -0.492. The molecule has 0 aromatic rings. The van der Waals surface area contributed by atoms with E-state index in [4.69, 9.17) is 5.11 Å². The van der Waals surface area contributed by atoms with E-state index in [-0.39, 0.29) is 19.0 Å². The Morgan fingerprint density at radius 1 is 1.25 bits per heavy atom. The number of rotatable bonds is 3. The Hall–Kier alpha value is 0.170. The van der Waals surface area contributed by atoms with E-state index in [1.165, 1.54) is 0 Å². The first kappa shape index (κ1) is 12.2. The van der Waals surface area contributed by atoms with Gasteiger partial charge in [-0.1, -0.05) is 0 Å². The summed E-state index contributed by atoms with van der Waals surface area (Å²) < 4.78 is 0. The molecule has 1 fully saturated rings. The van der Waals surface area contributed by atoms with Crippen LogP contribution in [0.3, 0.4) is 0 Å². The van der Waals surface area contributed by atoms with Crippen molar-refractivity contribution in [1.82, 2.24) is 5.32 Å². The van der Waals surface area contributed by atoms with E-state index in [1.54, 1.807) is 0 Å². The Kier molecular flexibility index (Phi) is 5.84. The van der Waals surface area contributed by atoms with Crippen LogP contribution in [0.15, 0.2) is 0 Å². The van der Waals surface area contributed by atoms with E-state index in [9.17, 15) is 5.11 Å². The Balaban J connectivity index is 0.00000121. The molecule has 0 spiro atoms. The second-order valence-corrected chi connectivity index (χ2v) is 3.30. The monoisotopic (exact) mass is 195 g/mol. The number of hydrogen-bond donors (Lipinski definition) is 3. The average Bonchev–Trinajstić information content (AvgIpc) is 2.03.